The van der Waals surface area contributed by atoms with Gasteiger partial charge >= 0.3 is 5.76 Å². The summed E-state index contributed by atoms with van der Waals surface area (Å²) in [6.45, 7) is 5.76. The number of hydrogen-bond donors (Lipinski definition) is 2. The van der Waals surface area contributed by atoms with Crippen LogP contribution in [0.4, 0.5) is 0 Å². The third-order valence-corrected chi connectivity index (χ3v) is 8.96. The molecule has 3 fully saturated rings. The molecular formula is C28H40ClN7O3. The molecule has 2 aliphatic carbocycles. The second-order valence-corrected chi connectivity index (χ2v) is 11.8. The third-order valence-electron chi connectivity index (χ3n) is 8.58. The van der Waals surface area contributed by atoms with Crippen LogP contribution in [0.25, 0.3) is 5.70 Å². The maximum atomic E-state index is 11.6. The quantitative estimate of drug-likeness (QED) is 0.353. The zero-order valence-electron chi connectivity index (χ0n) is 23.2. The first-order valence-corrected chi connectivity index (χ1v) is 14.5. The number of halogens is 1. The Morgan fingerprint density at radius 1 is 1.26 bits per heavy atom. The minimum atomic E-state index is -0.684. The Hall–Kier alpha value is -2.69. The van der Waals surface area contributed by atoms with Crippen LogP contribution in [0.3, 0.4) is 0 Å². The van der Waals surface area contributed by atoms with Gasteiger partial charge in [-0.05, 0) is 50.5 Å². The zero-order valence-corrected chi connectivity index (χ0v) is 23.9. The number of hydrogen-bond acceptors (Lipinski definition) is 8. The maximum absolute atomic E-state index is 11.6. The average Bonchev–Trinajstić information content (AvgIpc) is 3.38. The van der Waals surface area contributed by atoms with E-state index in [2.05, 4.69) is 36.6 Å². The van der Waals surface area contributed by atoms with Crippen molar-refractivity contribution < 1.29 is 9.26 Å². The van der Waals surface area contributed by atoms with Crippen LogP contribution in [-0.2, 0) is 4.74 Å². The summed E-state index contributed by atoms with van der Waals surface area (Å²) < 4.78 is 10.8. The van der Waals surface area contributed by atoms with Crippen molar-refractivity contribution in [2.24, 2.45) is 28.5 Å². The summed E-state index contributed by atoms with van der Waals surface area (Å²) >= 11 is 6.51. The topological polar surface area (TPSA) is 126 Å². The SMILES string of the molecule is COC(C1CCCCC1)N1C/C(=C(\N=C(/N)c2noc(=O)[nH]2)c2cnc(C)c(Cl)c2)N1C[C@H]1CC[C@H](C)CC1. The summed E-state index contributed by atoms with van der Waals surface area (Å²) in [7, 11) is 1.82. The Morgan fingerprint density at radius 2 is 2.00 bits per heavy atom. The summed E-state index contributed by atoms with van der Waals surface area (Å²) in [5.74, 6) is 1.31. The van der Waals surface area contributed by atoms with E-state index in [1.165, 1.54) is 57.8 Å². The number of aliphatic imine (C=N–C) groups is 1. The predicted molar refractivity (Wildman–Crippen MR) is 151 cm³/mol. The van der Waals surface area contributed by atoms with E-state index in [1.807, 2.05) is 20.1 Å². The molecule has 1 unspecified atom stereocenters. The normalized spacial score (nSPS) is 25.4. The van der Waals surface area contributed by atoms with Crippen molar-refractivity contribution in [2.75, 3.05) is 20.2 Å². The smallest absolute Gasteiger partial charge is 0.380 e. The lowest BCUT2D eigenvalue weighted by atomic mass is 9.82. The van der Waals surface area contributed by atoms with E-state index in [9.17, 15) is 4.79 Å². The second kappa shape index (κ2) is 12.2. The molecule has 11 heteroatoms. The fourth-order valence-electron chi connectivity index (χ4n) is 6.22. The van der Waals surface area contributed by atoms with Crippen LogP contribution in [0, 0.1) is 24.7 Å². The van der Waals surface area contributed by atoms with E-state index in [-0.39, 0.29) is 17.9 Å². The Morgan fingerprint density at radius 3 is 2.64 bits per heavy atom. The minimum Gasteiger partial charge on any atom is -0.380 e. The lowest BCUT2D eigenvalue weighted by Crippen LogP contribution is -2.63. The van der Waals surface area contributed by atoms with Gasteiger partial charge in [0.1, 0.15) is 6.23 Å². The van der Waals surface area contributed by atoms with E-state index in [1.54, 1.807) is 6.20 Å². The number of amidine groups is 1. The van der Waals surface area contributed by atoms with Gasteiger partial charge in [-0.3, -0.25) is 14.5 Å². The molecule has 1 saturated heterocycles. The number of nitrogens with two attached hydrogens (primary N) is 1. The van der Waals surface area contributed by atoms with Gasteiger partial charge in [-0.25, -0.2) is 9.79 Å². The van der Waals surface area contributed by atoms with Crippen molar-refractivity contribution in [3.8, 4) is 0 Å². The van der Waals surface area contributed by atoms with Crippen molar-refractivity contribution in [3.63, 3.8) is 0 Å². The van der Waals surface area contributed by atoms with Crippen LogP contribution >= 0.6 is 11.6 Å². The number of H-pyrrole nitrogens is 1. The van der Waals surface area contributed by atoms with Gasteiger partial charge in [-0.2, -0.15) is 5.01 Å². The molecule has 5 rings (SSSR count). The zero-order chi connectivity index (χ0) is 27.5. The Labute approximate surface area is 234 Å². The lowest BCUT2D eigenvalue weighted by Gasteiger charge is -2.54. The number of ether oxygens (including phenoxy) is 1. The monoisotopic (exact) mass is 557 g/mol. The van der Waals surface area contributed by atoms with Gasteiger partial charge in [-0.1, -0.05) is 55.8 Å². The number of nitrogens with zero attached hydrogens (tertiary/aromatic N) is 5. The predicted octanol–water partition coefficient (Wildman–Crippen LogP) is 4.71. The van der Waals surface area contributed by atoms with Crippen molar-refractivity contribution in [1.29, 1.82) is 0 Å². The number of pyridine rings is 1. The molecule has 3 N–H and O–H groups in total. The van der Waals surface area contributed by atoms with E-state index in [0.717, 1.165) is 29.4 Å². The number of methoxy groups -OCH3 is 1. The van der Waals surface area contributed by atoms with E-state index in [0.29, 0.717) is 29.1 Å². The summed E-state index contributed by atoms with van der Waals surface area (Å²) in [5, 5.41) is 9.01. The highest BCUT2D eigenvalue weighted by atomic mass is 35.5. The molecule has 1 atom stereocenters. The summed E-state index contributed by atoms with van der Waals surface area (Å²) in [5.41, 5.74) is 9.50. The van der Waals surface area contributed by atoms with Gasteiger partial charge in [-0.15, -0.1) is 0 Å². The van der Waals surface area contributed by atoms with Gasteiger partial charge in [0.05, 0.1) is 28.7 Å². The first-order valence-electron chi connectivity index (χ1n) is 14.2. The molecule has 3 aliphatic rings. The van der Waals surface area contributed by atoms with E-state index < -0.39 is 5.76 Å². The fourth-order valence-corrected chi connectivity index (χ4v) is 6.38. The fraction of sp³-hybridized carbons (Fsp3) is 0.643. The number of rotatable bonds is 8. The van der Waals surface area contributed by atoms with Crippen LogP contribution in [-0.4, -0.2) is 57.4 Å². The molecule has 212 valence electrons. The minimum absolute atomic E-state index is 0.00534. The van der Waals surface area contributed by atoms with Gasteiger partial charge in [0.25, 0.3) is 0 Å². The van der Waals surface area contributed by atoms with Gasteiger partial charge in [0.2, 0.25) is 5.82 Å². The van der Waals surface area contributed by atoms with Gasteiger partial charge < -0.3 is 15.5 Å². The molecule has 0 aromatic carbocycles. The molecule has 1 aliphatic heterocycles. The summed E-state index contributed by atoms with van der Waals surface area (Å²) in [6.07, 6.45) is 12.8. The highest BCUT2D eigenvalue weighted by molar-refractivity contribution is 6.31. The van der Waals surface area contributed by atoms with Crippen LogP contribution in [0.2, 0.25) is 5.02 Å². The summed E-state index contributed by atoms with van der Waals surface area (Å²) in [4.78, 5) is 23.3. The van der Waals surface area contributed by atoms with Crippen LogP contribution < -0.4 is 11.5 Å². The van der Waals surface area contributed by atoms with E-state index >= 15 is 0 Å². The highest BCUT2D eigenvalue weighted by Crippen LogP contribution is 2.40. The third kappa shape index (κ3) is 6.23. The van der Waals surface area contributed by atoms with Crippen LogP contribution in [0.1, 0.15) is 81.8 Å². The van der Waals surface area contributed by atoms with Crippen LogP contribution in [0.5, 0.6) is 0 Å². The largest absolute Gasteiger partial charge is 0.439 e. The van der Waals surface area contributed by atoms with Gasteiger partial charge in [0, 0.05) is 31.3 Å². The highest BCUT2D eigenvalue weighted by Gasteiger charge is 2.43. The van der Waals surface area contributed by atoms with Crippen molar-refractivity contribution >= 4 is 23.1 Å². The molecule has 3 heterocycles. The number of hydrazine groups is 1. The molecule has 2 aromatic heterocycles. The van der Waals surface area contributed by atoms with Crippen molar-refractivity contribution in [1.82, 2.24) is 25.1 Å². The molecule has 0 amide bonds. The molecular weight excluding hydrogens is 518 g/mol. The van der Waals surface area contributed by atoms with Crippen LogP contribution in [0.15, 0.2) is 32.3 Å². The molecule has 2 saturated carbocycles. The Bertz CT molecular complexity index is 1260. The first-order chi connectivity index (χ1) is 18.8. The number of aromatic nitrogens is 3. The average molecular weight is 558 g/mol. The molecule has 0 spiro atoms. The number of nitrogens with one attached hydrogen (secondary N) is 1. The summed E-state index contributed by atoms with van der Waals surface area (Å²) in [6, 6.07) is 1.87. The Balaban J connectivity index is 1.55. The molecule has 2 aromatic rings. The Kier molecular flexibility index (Phi) is 8.73. The van der Waals surface area contributed by atoms with Crippen molar-refractivity contribution in [2.45, 2.75) is 77.9 Å². The first kappa shape index (κ1) is 27.9. The lowest BCUT2D eigenvalue weighted by molar-refractivity contribution is -0.209. The van der Waals surface area contributed by atoms with Crippen molar-refractivity contribution in [3.05, 3.63) is 50.6 Å². The van der Waals surface area contributed by atoms with E-state index in [4.69, 9.17) is 27.1 Å². The standard InChI is InChI=1S/C28H40ClN7O3/c1-17-9-11-19(12-10-17)15-35-23(16-36(35)27(38-3)20-7-5-4-6-8-20)24(21-13-22(29)18(2)31-14-21)32-25(30)26-33-28(37)39-34-26/h13-14,17,19-20,27H,4-12,15-16H2,1-3H3,(H2,30,32)(H,33,34,37)/b24-23+/t17-,19-,27?. The van der Waals surface area contributed by atoms with Gasteiger partial charge in [0.15, 0.2) is 5.84 Å². The molecule has 0 bridgehead atoms. The molecule has 10 nitrogen and oxygen atoms in total. The number of aromatic amines is 1. The molecule has 39 heavy (non-hydrogen) atoms. The maximum Gasteiger partial charge on any atom is 0.439 e. The second-order valence-electron chi connectivity index (χ2n) is 11.4. The molecule has 0 radical (unpaired) electrons. The number of aryl methyl sites for hydroxylation is 1.